The van der Waals surface area contributed by atoms with Crippen molar-refractivity contribution in [2.24, 2.45) is 0 Å². The van der Waals surface area contributed by atoms with Gasteiger partial charge in [0.15, 0.2) is 0 Å². The summed E-state index contributed by atoms with van der Waals surface area (Å²) in [6.45, 7) is 1.94. The number of morpholine rings is 1. The second-order valence-electron chi connectivity index (χ2n) is 5.21. The fourth-order valence-electron chi connectivity index (χ4n) is 2.33. The summed E-state index contributed by atoms with van der Waals surface area (Å²) in [4.78, 5) is 25.4. The maximum atomic E-state index is 13.2. The van der Waals surface area contributed by atoms with E-state index in [1.807, 2.05) is 0 Å². The maximum Gasteiger partial charge on any atom is 0.419 e. The second kappa shape index (κ2) is 7.01. The van der Waals surface area contributed by atoms with Crippen molar-refractivity contribution in [3.05, 3.63) is 42.0 Å². The van der Waals surface area contributed by atoms with Crippen LogP contribution in [0, 0.1) is 0 Å². The third-order valence-corrected chi connectivity index (χ3v) is 3.55. The number of ether oxygens (including phenoxy) is 1. The molecule has 0 atom stereocenters. The minimum atomic E-state index is -4.65. The van der Waals surface area contributed by atoms with Crippen molar-refractivity contribution < 1.29 is 22.7 Å². The van der Waals surface area contributed by atoms with E-state index in [1.165, 1.54) is 18.5 Å². The first kappa shape index (κ1) is 17.1. The number of pyridine rings is 1. The molecule has 1 amide bonds. The highest BCUT2D eigenvalue weighted by molar-refractivity contribution is 6.02. The van der Waals surface area contributed by atoms with Gasteiger partial charge in [0.2, 0.25) is 0 Å². The molecule has 1 aliphatic heterocycles. The molecule has 0 bridgehead atoms. The van der Waals surface area contributed by atoms with E-state index >= 15 is 0 Å². The molecule has 1 aliphatic rings. The number of carbonyl (C=O) groups is 1. The number of carbonyl (C=O) groups excluding carboxylic acids is 1. The first-order chi connectivity index (χ1) is 11.9. The molecule has 10 heteroatoms. The van der Waals surface area contributed by atoms with Gasteiger partial charge in [-0.15, -0.1) is 0 Å². The number of rotatable bonds is 3. The smallest absolute Gasteiger partial charge is 0.378 e. The van der Waals surface area contributed by atoms with Crippen LogP contribution in [0.15, 0.2) is 30.7 Å². The lowest BCUT2D eigenvalue weighted by atomic mass is 10.2. The van der Waals surface area contributed by atoms with E-state index in [-0.39, 0.29) is 5.69 Å². The summed E-state index contributed by atoms with van der Waals surface area (Å²) in [5.41, 5.74) is -1.13. The van der Waals surface area contributed by atoms with Crippen LogP contribution in [0.2, 0.25) is 0 Å². The molecule has 0 saturated carbocycles. The number of amides is 1. The molecule has 0 aromatic carbocycles. The highest BCUT2D eigenvalue weighted by Gasteiger charge is 2.35. The van der Waals surface area contributed by atoms with Gasteiger partial charge in [0.1, 0.15) is 17.3 Å². The lowest BCUT2D eigenvalue weighted by Gasteiger charge is -2.28. The summed E-state index contributed by atoms with van der Waals surface area (Å²) >= 11 is 0. The van der Waals surface area contributed by atoms with Crippen LogP contribution in [0.1, 0.15) is 16.1 Å². The second-order valence-corrected chi connectivity index (χ2v) is 5.21. The van der Waals surface area contributed by atoms with Crippen LogP contribution >= 0.6 is 0 Å². The van der Waals surface area contributed by atoms with Crippen molar-refractivity contribution in [1.82, 2.24) is 15.0 Å². The largest absolute Gasteiger partial charge is 0.419 e. The molecular weight excluding hydrogens is 339 g/mol. The van der Waals surface area contributed by atoms with Crippen LogP contribution in [-0.4, -0.2) is 47.2 Å². The molecule has 1 N–H and O–H groups in total. The fourth-order valence-corrected chi connectivity index (χ4v) is 2.33. The van der Waals surface area contributed by atoms with E-state index in [0.29, 0.717) is 32.1 Å². The molecule has 0 aliphatic carbocycles. The van der Waals surface area contributed by atoms with E-state index in [4.69, 9.17) is 4.74 Å². The number of aromatic nitrogens is 3. The molecule has 1 saturated heterocycles. The monoisotopic (exact) mass is 353 g/mol. The maximum absolute atomic E-state index is 13.2. The molecule has 1 fully saturated rings. The van der Waals surface area contributed by atoms with E-state index in [1.54, 1.807) is 4.90 Å². The number of hydrogen-bond acceptors (Lipinski definition) is 6. The predicted octanol–water partition coefficient (Wildman–Crippen LogP) is 1.98. The summed E-state index contributed by atoms with van der Waals surface area (Å²) in [6.07, 6.45) is -0.859. The number of nitrogens with one attached hydrogen (secondary N) is 1. The van der Waals surface area contributed by atoms with E-state index in [9.17, 15) is 18.0 Å². The molecule has 3 heterocycles. The van der Waals surface area contributed by atoms with Gasteiger partial charge in [-0.2, -0.15) is 13.2 Å². The Morgan fingerprint density at radius 2 is 1.96 bits per heavy atom. The molecule has 25 heavy (non-hydrogen) atoms. The molecule has 3 rings (SSSR count). The Morgan fingerprint density at radius 1 is 1.20 bits per heavy atom. The Labute approximate surface area is 140 Å². The number of hydrogen-bond donors (Lipinski definition) is 1. The van der Waals surface area contributed by atoms with Gasteiger partial charge < -0.3 is 15.0 Å². The summed E-state index contributed by atoms with van der Waals surface area (Å²) in [7, 11) is 0. The Bertz CT molecular complexity index is 749. The van der Waals surface area contributed by atoms with Crippen LogP contribution in [-0.2, 0) is 10.9 Å². The van der Waals surface area contributed by atoms with Gasteiger partial charge in [0.05, 0.1) is 25.0 Å². The average molecular weight is 353 g/mol. The molecule has 2 aromatic rings. The van der Waals surface area contributed by atoms with E-state index < -0.39 is 23.5 Å². The van der Waals surface area contributed by atoms with Gasteiger partial charge in [-0.1, -0.05) is 0 Å². The first-order valence-electron chi connectivity index (χ1n) is 7.43. The molecule has 2 aromatic heterocycles. The molecule has 0 radical (unpaired) electrons. The lowest BCUT2D eigenvalue weighted by Crippen LogP contribution is -2.37. The topological polar surface area (TPSA) is 80.2 Å². The molecule has 0 spiro atoms. The minimum absolute atomic E-state index is 0.103. The number of nitrogens with zero attached hydrogens (tertiary/aromatic N) is 4. The van der Waals surface area contributed by atoms with Crippen molar-refractivity contribution >= 4 is 17.5 Å². The summed E-state index contributed by atoms with van der Waals surface area (Å²) in [5.74, 6) is -1.04. The van der Waals surface area contributed by atoms with Gasteiger partial charge in [-0.25, -0.2) is 9.97 Å². The van der Waals surface area contributed by atoms with Gasteiger partial charge in [0, 0.05) is 25.5 Å². The highest BCUT2D eigenvalue weighted by Crippen LogP contribution is 2.35. The van der Waals surface area contributed by atoms with E-state index in [2.05, 4.69) is 20.3 Å². The Balaban J connectivity index is 1.92. The van der Waals surface area contributed by atoms with Crippen molar-refractivity contribution in [3.63, 3.8) is 0 Å². The van der Waals surface area contributed by atoms with Crippen LogP contribution in [0.25, 0.3) is 0 Å². The van der Waals surface area contributed by atoms with Crippen molar-refractivity contribution in [2.45, 2.75) is 6.18 Å². The molecular formula is C15H14F3N5O2. The van der Waals surface area contributed by atoms with Crippen LogP contribution in [0.5, 0.6) is 0 Å². The quantitative estimate of drug-likeness (QED) is 0.909. The van der Waals surface area contributed by atoms with Crippen molar-refractivity contribution in [1.29, 1.82) is 0 Å². The Hall–Kier alpha value is -2.75. The molecule has 132 valence electrons. The van der Waals surface area contributed by atoms with E-state index in [0.717, 1.165) is 12.3 Å². The Kier molecular flexibility index (Phi) is 4.79. The minimum Gasteiger partial charge on any atom is -0.378 e. The highest BCUT2D eigenvalue weighted by atomic mass is 19.4. The zero-order valence-electron chi connectivity index (χ0n) is 13.0. The average Bonchev–Trinajstić information content (AvgIpc) is 2.62. The number of alkyl halides is 3. The number of anilines is 2. The SMILES string of the molecule is O=C(Nc1nc(N2CCOCC2)ccc1C(F)(F)F)c1cnccn1. The van der Waals surface area contributed by atoms with Gasteiger partial charge >= 0.3 is 6.18 Å². The van der Waals surface area contributed by atoms with Crippen LogP contribution in [0.3, 0.4) is 0 Å². The molecule has 0 unspecified atom stereocenters. The molecule has 7 nitrogen and oxygen atoms in total. The lowest BCUT2D eigenvalue weighted by molar-refractivity contribution is -0.137. The zero-order chi connectivity index (χ0) is 17.9. The van der Waals surface area contributed by atoms with Crippen LogP contribution in [0.4, 0.5) is 24.8 Å². The van der Waals surface area contributed by atoms with Gasteiger partial charge in [-0.05, 0) is 12.1 Å². The first-order valence-corrected chi connectivity index (χ1v) is 7.43. The normalized spacial score (nSPS) is 15.1. The van der Waals surface area contributed by atoms with Crippen molar-refractivity contribution in [2.75, 3.05) is 36.5 Å². The predicted molar refractivity (Wildman–Crippen MR) is 82.3 cm³/mol. The van der Waals surface area contributed by atoms with Gasteiger partial charge in [-0.3, -0.25) is 9.78 Å². The summed E-state index contributed by atoms with van der Waals surface area (Å²) in [5, 5.41) is 2.18. The fraction of sp³-hybridized carbons (Fsp3) is 0.333. The van der Waals surface area contributed by atoms with Crippen LogP contribution < -0.4 is 10.2 Å². The number of halogens is 3. The standard InChI is InChI=1S/C15H14F3N5O2/c16-15(17,18)10-1-2-12(23-5-7-25-8-6-23)21-13(10)22-14(24)11-9-19-3-4-20-11/h1-4,9H,5-8H2,(H,21,22,24). The Morgan fingerprint density at radius 3 is 2.60 bits per heavy atom. The van der Waals surface area contributed by atoms with Crippen molar-refractivity contribution in [3.8, 4) is 0 Å². The van der Waals surface area contributed by atoms with Gasteiger partial charge in [0.25, 0.3) is 5.91 Å². The third kappa shape index (κ3) is 4.02. The summed E-state index contributed by atoms with van der Waals surface area (Å²) in [6, 6.07) is 2.19. The summed E-state index contributed by atoms with van der Waals surface area (Å²) < 4.78 is 44.9. The third-order valence-electron chi connectivity index (χ3n) is 3.55. The zero-order valence-corrected chi connectivity index (χ0v) is 13.0.